The lowest BCUT2D eigenvalue weighted by Crippen LogP contribution is -2.28. The number of rotatable bonds is 4. The van der Waals surface area contributed by atoms with E-state index in [0.29, 0.717) is 5.92 Å². The molecule has 3 N–H and O–H groups in total. The van der Waals surface area contributed by atoms with Gasteiger partial charge in [-0.2, -0.15) is 0 Å². The van der Waals surface area contributed by atoms with Crippen molar-refractivity contribution < 1.29 is 9.84 Å². The van der Waals surface area contributed by atoms with Gasteiger partial charge >= 0.3 is 0 Å². The maximum atomic E-state index is 10.0. The number of methoxy groups -OCH3 is 1. The third-order valence-corrected chi connectivity index (χ3v) is 3.31. The zero-order valence-electron chi connectivity index (χ0n) is 9.81. The number of ether oxygens (including phenoxy) is 1. The molecule has 1 aromatic carbocycles. The minimum atomic E-state index is -0.410. The van der Waals surface area contributed by atoms with Crippen LogP contribution in [0, 0.1) is 12.8 Å². The normalized spacial score (nSPS) is 19.2. The number of hydrogen-bond acceptors (Lipinski definition) is 3. The Kier molecular flexibility index (Phi) is 3.17. The van der Waals surface area contributed by atoms with Gasteiger partial charge in [0.1, 0.15) is 5.75 Å². The quantitative estimate of drug-likeness (QED) is 0.814. The van der Waals surface area contributed by atoms with Crippen molar-refractivity contribution in [2.75, 3.05) is 7.11 Å². The van der Waals surface area contributed by atoms with Crippen LogP contribution in [0.2, 0.25) is 0 Å². The van der Waals surface area contributed by atoms with Crippen LogP contribution in [-0.2, 0) is 0 Å². The Balaban J connectivity index is 2.18. The van der Waals surface area contributed by atoms with Crippen LogP contribution >= 0.6 is 0 Å². The second-order valence-corrected chi connectivity index (χ2v) is 4.58. The number of hydrogen-bond donors (Lipinski definition) is 2. The van der Waals surface area contributed by atoms with Crippen LogP contribution in [0.4, 0.5) is 0 Å². The molecule has 0 bridgehead atoms. The number of aliphatic hydroxyl groups is 1. The maximum Gasteiger partial charge on any atom is 0.119 e. The van der Waals surface area contributed by atoms with Crippen LogP contribution < -0.4 is 10.5 Å². The highest BCUT2D eigenvalue weighted by Gasteiger charge is 2.34. The first-order valence-electron chi connectivity index (χ1n) is 5.71. The molecule has 0 amide bonds. The fraction of sp³-hybridized carbons (Fsp3) is 0.538. The van der Waals surface area contributed by atoms with Gasteiger partial charge in [-0.25, -0.2) is 0 Å². The first-order valence-corrected chi connectivity index (χ1v) is 5.71. The lowest BCUT2D eigenvalue weighted by atomic mass is 9.95. The van der Waals surface area contributed by atoms with Crippen LogP contribution in [0.3, 0.4) is 0 Å². The summed E-state index contributed by atoms with van der Waals surface area (Å²) in [4.78, 5) is 0. The molecule has 0 saturated heterocycles. The number of aryl methyl sites for hydroxylation is 1. The molecule has 3 nitrogen and oxygen atoms in total. The van der Waals surface area contributed by atoms with Crippen molar-refractivity contribution in [3.63, 3.8) is 0 Å². The van der Waals surface area contributed by atoms with Gasteiger partial charge in [0.25, 0.3) is 0 Å². The Bertz CT molecular complexity index is 374. The van der Waals surface area contributed by atoms with Gasteiger partial charge in [-0.05, 0) is 48.9 Å². The number of benzene rings is 1. The van der Waals surface area contributed by atoms with Crippen LogP contribution in [-0.4, -0.2) is 18.3 Å². The lowest BCUT2D eigenvalue weighted by Gasteiger charge is -2.21. The van der Waals surface area contributed by atoms with E-state index in [0.717, 1.165) is 29.7 Å². The molecule has 0 unspecified atom stereocenters. The van der Waals surface area contributed by atoms with Crippen LogP contribution in [0.15, 0.2) is 18.2 Å². The fourth-order valence-electron chi connectivity index (χ4n) is 2.06. The second kappa shape index (κ2) is 4.44. The van der Waals surface area contributed by atoms with Crippen LogP contribution in [0.25, 0.3) is 0 Å². The van der Waals surface area contributed by atoms with E-state index in [2.05, 4.69) is 0 Å². The molecule has 1 aliphatic rings. The van der Waals surface area contributed by atoms with Crippen molar-refractivity contribution in [1.82, 2.24) is 0 Å². The average molecular weight is 221 g/mol. The highest BCUT2D eigenvalue weighted by molar-refractivity contribution is 5.37. The summed E-state index contributed by atoms with van der Waals surface area (Å²) in [7, 11) is 1.65. The summed E-state index contributed by atoms with van der Waals surface area (Å²) < 4.78 is 5.15. The Morgan fingerprint density at radius 1 is 1.44 bits per heavy atom. The summed E-state index contributed by atoms with van der Waals surface area (Å²) >= 11 is 0. The third-order valence-electron chi connectivity index (χ3n) is 3.31. The summed E-state index contributed by atoms with van der Waals surface area (Å²) in [5.74, 6) is 1.23. The molecule has 2 atom stereocenters. The first kappa shape index (κ1) is 11.4. The minimum absolute atomic E-state index is 0.279. The number of nitrogens with two attached hydrogens (primary N) is 1. The molecule has 3 heteroatoms. The van der Waals surface area contributed by atoms with E-state index in [1.165, 1.54) is 0 Å². The molecule has 1 aliphatic carbocycles. The van der Waals surface area contributed by atoms with Gasteiger partial charge < -0.3 is 15.6 Å². The molecule has 0 aliphatic heterocycles. The van der Waals surface area contributed by atoms with E-state index < -0.39 is 6.10 Å². The van der Waals surface area contributed by atoms with Crippen LogP contribution in [0.5, 0.6) is 5.75 Å². The summed E-state index contributed by atoms with van der Waals surface area (Å²) in [6.07, 6.45) is 1.79. The molecular formula is C13H19NO2. The van der Waals surface area contributed by atoms with Crippen LogP contribution in [0.1, 0.15) is 30.0 Å². The van der Waals surface area contributed by atoms with Crippen molar-refractivity contribution in [1.29, 1.82) is 0 Å². The molecule has 0 radical (unpaired) electrons. The SMILES string of the molecule is COc1ccc([C@H](N)[C@H](O)C2CC2)c(C)c1. The molecule has 16 heavy (non-hydrogen) atoms. The topological polar surface area (TPSA) is 55.5 Å². The van der Waals surface area contributed by atoms with E-state index >= 15 is 0 Å². The zero-order chi connectivity index (χ0) is 11.7. The number of aliphatic hydroxyl groups excluding tert-OH is 1. The molecule has 1 saturated carbocycles. The van der Waals surface area contributed by atoms with Crippen molar-refractivity contribution >= 4 is 0 Å². The predicted molar refractivity (Wildman–Crippen MR) is 63.4 cm³/mol. The molecule has 1 fully saturated rings. The fourth-order valence-corrected chi connectivity index (χ4v) is 2.06. The standard InChI is InChI=1S/C13H19NO2/c1-8-7-10(16-2)5-6-11(8)12(14)13(15)9-3-4-9/h5-7,9,12-13,15H,3-4,14H2,1-2H3/t12-,13+/m0/s1. The highest BCUT2D eigenvalue weighted by atomic mass is 16.5. The summed E-state index contributed by atoms with van der Waals surface area (Å²) in [5, 5.41) is 10.0. The first-order chi connectivity index (χ1) is 7.63. The molecular weight excluding hydrogens is 202 g/mol. The Hall–Kier alpha value is -1.06. The van der Waals surface area contributed by atoms with Crippen molar-refractivity contribution in [2.24, 2.45) is 11.7 Å². The Morgan fingerprint density at radius 3 is 2.62 bits per heavy atom. The minimum Gasteiger partial charge on any atom is -0.497 e. The Labute approximate surface area is 96.2 Å². The van der Waals surface area contributed by atoms with Gasteiger partial charge in [-0.15, -0.1) is 0 Å². The smallest absolute Gasteiger partial charge is 0.119 e. The maximum absolute atomic E-state index is 10.0. The van der Waals surface area contributed by atoms with Gasteiger partial charge in [0, 0.05) is 0 Å². The van der Waals surface area contributed by atoms with Gasteiger partial charge in [0.15, 0.2) is 0 Å². The summed E-state index contributed by atoms with van der Waals surface area (Å²) in [5.41, 5.74) is 8.17. The van der Waals surface area contributed by atoms with E-state index in [9.17, 15) is 5.11 Å². The zero-order valence-corrected chi connectivity index (χ0v) is 9.81. The van der Waals surface area contributed by atoms with Crippen molar-refractivity contribution in [3.05, 3.63) is 29.3 Å². The molecule has 1 aromatic rings. The summed E-state index contributed by atoms with van der Waals surface area (Å²) in [6.45, 7) is 2.00. The van der Waals surface area contributed by atoms with E-state index in [1.807, 2.05) is 25.1 Å². The third kappa shape index (κ3) is 2.20. The molecule has 0 heterocycles. The van der Waals surface area contributed by atoms with Crippen molar-refractivity contribution in [2.45, 2.75) is 31.9 Å². The lowest BCUT2D eigenvalue weighted by molar-refractivity contribution is 0.122. The van der Waals surface area contributed by atoms with Gasteiger partial charge in [-0.1, -0.05) is 6.07 Å². The van der Waals surface area contributed by atoms with E-state index in [-0.39, 0.29) is 6.04 Å². The predicted octanol–water partition coefficient (Wildman–Crippen LogP) is 1.77. The van der Waals surface area contributed by atoms with Gasteiger partial charge in [0.2, 0.25) is 0 Å². The monoisotopic (exact) mass is 221 g/mol. The molecule has 2 rings (SSSR count). The van der Waals surface area contributed by atoms with Gasteiger partial charge in [-0.3, -0.25) is 0 Å². The molecule has 88 valence electrons. The summed E-state index contributed by atoms with van der Waals surface area (Å²) in [6, 6.07) is 5.51. The molecule has 0 spiro atoms. The second-order valence-electron chi connectivity index (χ2n) is 4.58. The van der Waals surface area contributed by atoms with E-state index in [4.69, 9.17) is 10.5 Å². The van der Waals surface area contributed by atoms with E-state index in [1.54, 1.807) is 7.11 Å². The molecule has 0 aromatic heterocycles. The largest absolute Gasteiger partial charge is 0.497 e. The average Bonchev–Trinajstić information content (AvgIpc) is 3.10. The van der Waals surface area contributed by atoms with Gasteiger partial charge in [0.05, 0.1) is 19.3 Å². The highest BCUT2D eigenvalue weighted by Crippen LogP contribution is 2.38. The Morgan fingerprint density at radius 2 is 2.12 bits per heavy atom. The van der Waals surface area contributed by atoms with Crippen molar-refractivity contribution in [3.8, 4) is 5.75 Å².